The van der Waals surface area contributed by atoms with Crippen LogP contribution >= 0.6 is 11.3 Å². The largest absolute Gasteiger partial charge is 0.473 e. The van der Waals surface area contributed by atoms with Gasteiger partial charge in [-0.15, -0.1) is 11.3 Å². The second kappa shape index (κ2) is 8.12. The summed E-state index contributed by atoms with van der Waals surface area (Å²) in [5.41, 5.74) is 2.69. The number of aromatic nitrogens is 4. The van der Waals surface area contributed by atoms with E-state index in [1.165, 1.54) is 0 Å². The Hall–Kier alpha value is -2.52. The molecule has 1 N–H and O–H groups in total. The highest BCUT2D eigenvalue weighted by Gasteiger charge is 2.31. The van der Waals surface area contributed by atoms with Crippen molar-refractivity contribution in [2.24, 2.45) is 5.92 Å². The minimum Gasteiger partial charge on any atom is -0.473 e. The van der Waals surface area contributed by atoms with Gasteiger partial charge in [0.2, 0.25) is 11.8 Å². The summed E-state index contributed by atoms with van der Waals surface area (Å²) in [6.45, 7) is 4.28. The Morgan fingerprint density at radius 3 is 2.84 bits per heavy atom. The number of nitrogens with zero attached hydrogens (tertiary/aromatic N) is 4. The number of pyridine rings is 1. The van der Waals surface area contributed by atoms with E-state index in [1.807, 2.05) is 25.5 Å². The molecule has 5 heterocycles. The van der Waals surface area contributed by atoms with Crippen LogP contribution in [-0.4, -0.2) is 51.3 Å². The van der Waals surface area contributed by atoms with E-state index in [4.69, 9.17) is 19.4 Å². The number of rotatable bonds is 6. The molecule has 1 saturated carbocycles. The Balaban J connectivity index is 1.35. The standard InChI is InChI=1S/C23H27N5O3S/c1-13(15-8-20(29)24-10-15)31-22-21-18(26-12-28(21)16-2-3-16)9-17(27-22)19-11-25-23(32-19)14-4-6-30-7-5-14/h9,11-16H,2-8,10H2,1H3,(H,24,29). The summed E-state index contributed by atoms with van der Waals surface area (Å²) in [6, 6.07) is 2.52. The van der Waals surface area contributed by atoms with Crippen molar-refractivity contribution in [2.45, 2.75) is 57.1 Å². The number of hydrogen-bond acceptors (Lipinski definition) is 7. The molecule has 2 atom stereocenters. The predicted molar refractivity (Wildman–Crippen MR) is 121 cm³/mol. The van der Waals surface area contributed by atoms with Gasteiger partial charge in [0.05, 0.1) is 27.4 Å². The first-order valence-electron chi connectivity index (χ1n) is 11.5. The van der Waals surface area contributed by atoms with Crippen molar-refractivity contribution in [3.8, 4) is 16.5 Å². The topological polar surface area (TPSA) is 91.2 Å². The summed E-state index contributed by atoms with van der Waals surface area (Å²) in [7, 11) is 0. The van der Waals surface area contributed by atoms with E-state index in [0.29, 0.717) is 30.8 Å². The van der Waals surface area contributed by atoms with Crippen LogP contribution in [-0.2, 0) is 9.53 Å². The molecule has 3 aromatic rings. The lowest BCUT2D eigenvalue weighted by Crippen LogP contribution is -2.26. The molecule has 3 fully saturated rings. The number of amides is 1. The van der Waals surface area contributed by atoms with Gasteiger partial charge in [0.1, 0.15) is 11.6 Å². The van der Waals surface area contributed by atoms with Crippen LogP contribution in [0.15, 0.2) is 18.6 Å². The van der Waals surface area contributed by atoms with Crippen molar-refractivity contribution in [2.75, 3.05) is 19.8 Å². The van der Waals surface area contributed by atoms with Gasteiger partial charge >= 0.3 is 0 Å². The maximum Gasteiger partial charge on any atom is 0.241 e. The Labute approximate surface area is 190 Å². The van der Waals surface area contributed by atoms with E-state index in [1.54, 1.807) is 11.3 Å². The molecule has 1 aliphatic carbocycles. The molecular weight excluding hydrogens is 426 g/mol. The minimum atomic E-state index is -0.123. The molecule has 168 valence electrons. The van der Waals surface area contributed by atoms with E-state index in [9.17, 15) is 4.79 Å². The van der Waals surface area contributed by atoms with Crippen LogP contribution < -0.4 is 10.1 Å². The molecule has 3 aliphatic rings. The lowest BCUT2D eigenvalue weighted by molar-refractivity contribution is -0.119. The van der Waals surface area contributed by atoms with Gasteiger partial charge in [-0.25, -0.2) is 15.0 Å². The number of carbonyl (C=O) groups excluding carboxylic acids is 1. The van der Waals surface area contributed by atoms with Crippen molar-refractivity contribution >= 4 is 28.3 Å². The highest BCUT2D eigenvalue weighted by Crippen LogP contribution is 2.41. The molecule has 9 heteroatoms. The molecule has 0 spiro atoms. The molecule has 0 bridgehead atoms. The summed E-state index contributed by atoms with van der Waals surface area (Å²) >= 11 is 1.71. The Kier molecular flexibility index (Phi) is 5.10. The van der Waals surface area contributed by atoms with Gasteiger partial charge in [0.15, 0.2) is 0 Å². The third kappa shape index (κ3) is 3.77. The zero-order chi connectivity index (χ0) is 21.7. The minimum absolute atomic E-state index is 0.0885. The van der Waals surface area contributed by atoms with Crippen molar-refractivity contribution in [3.63, 3.8) is 0 Å². The summed E-state index contributed by atoms with van der Waals surface area (Å²) < 4.78 is 14.1. The SMILES string of the molecule is CC(Oc1nc(-c2cnc(C3CCOCC3)s2)cc2ncn(C3CC3)c12)C1CNC(=O)C1. The predicted octanol–water partition coefficient (Wildman–Crippen LogP) is 3.69. The van der Waals surface area contributed by atoms with Crippen molar-refractivity contribution in [1.82, 2.24) is 24.8 Å². The lowest BCUT2D eigenvalue weighted by atomic mass is 10.0. The maximum absolute atomic E-state index is 11.7. The zero-order valence-electron chi connectivity index (χ0n) is 18.1. The Bertz CT molecular complexity index is 1150. The van der Waals surface area contributed by atoms with Crippen LogP contribution in [0.2, 0.25) is 0 Å². The van der Waals surface area contributed by atoms with Gasteiger partial charge in [0.25, 0.3) is 0 Å². The quantitative estimate of drug-likeness (QED) is 0.612. The summed E-state index contributed by atoms with van der Waals surface area (Å²) in [5, 5.41) is 4.06. The molecule has 32 heavy (non-hydrogen) atoms. The average molecular weight is 454 g/mol. The first-order chi connectivity index (χ1) is 15.7. The second-order valence-corrected chi connectivity index (χ2v) is 10.2. The first-order valence-corrected chi connectivity index (χ1v) is 12.3. The maximum atomic E-state index is 11.7. The van der Waals surface area contributed by atoms with Gasteiger partial charge in [-0.05, 0) is 38.7 Å². The number of nitrogens with one attached hydrogen (secondary N) is 1. The molecule has 2 unspecified atom stereocenters. The highest BCUT2D eigenvalue weighted by atomic mass is 32.1. The summed E-state index contributed by atoms with van der Waals surface area (Å²) in [6.07, 6.45) is 8.56. The zero-order valence-corrected chi connectivity index (χ0v) is 18.9. The highest BCUT2D eigenvalue weighted by molar-refractivity contribution is 7.15. The normalized spacial score (nSPS) is 22.9. The van der Waals surface area contributed by atoms with Crippen molar-refractivity contribution in [1.29, 1.82) is 0 Å². The smallest absolute Gasteiger partial charge is 0.241 e. The van der Waals surface area contributed by atoms with Gasteiger partial charge in [-0.1, -0.05) is 0 Å². The number of ether oxygens (including phenoxy) is 2. The van der Waals surface area contributed by atoms with Gasteiger partial charge in [-0.2, -0.15) is 0 Å². The van der Waals surface area contributed by atoms with Gasteiger partial charge in [-0.3, -0.25) is 4.79 Å². The van der Waals surface area contributed by atoms with Crippen LogP contribution in [0.4, 0.5) is 0 Å². The monoisotopic (exact) mass is 453 g/mol. The molecule has 2 saturated heterocycles. The summed E-state index contributed by atoms with van der Waals surface area (Å²) in [4.78, 5) is 27.1. The van der Waals surface area contributed by atoms with Crippen LogP contribution in [0.3, 0.4) is 0 Å². The van der Waals surface area contributed by atoms with Crippen LogP contribution in [0.1, 0.15) is 56.0 Å². The molecule has 8 nitrogen and oxygen atoms in total. The van der Waals surface area contributed by atoms with Gasteiger partial charge in [0, 0.05) is 50.3 Å². The van der Waals surface area contributed by atoms with Crippen molar-refractivity contribution < 1.29 is 14.3 Å². The van der Waals surface area contributed by atoms with E-state index in [-0.39, 0.29) is 17.9 Å². The first kappa shape index (κ1) is 20.1. The van der Waals surface area contributed by atoms with Crippen LogP contribution in [0.25, 0.3) is 21.6 Å². The van der Waals surface area contributed by atoms with E-state index >= 15 is 0 Å². The third-order valence-corrected chi connectivity index (χ3v) is 7.96. The third-order valence-electron chi connectivity index (χ3n) is 6.78. The fourth-order valence-electron chi connectivity index (χ4n) is 4.63. The number of fused-ring (bicyclic) bond motifs is 1. The number of hydrogen-bond donors (Lipinski definition) is 1. The van der Waals surface area contributed by atoms with E-state index in [0.717, 1.165) is 65.5 Å². The average Bonchev–Trinajstić information content (AvgIpc) is 3.19. The Morgan fingerprint density at radius 2 is 2.09 bits per heavy atom. The molecular formula is C23H27N5O3S. The number of carbonyl (C=O) groups is 1. The molecule has 6 rings (SSSR count). The fraction of sp³-hybridized carbons (Fsp3) is 0.565. The molecule has 1 amide bonds. The van der Waals surface area contributed by atoms with E-state index < -0.39 is 0 Å². The van der Waals surface area contributed by atoms with Crippen LogP contribution in [0, 0.1) is 5.92 Å². The van der Waals surface area contributed by atoms with Gasteiger partial charge < -0.3 is 19.4 Å². The van der Waals surface area contributed by atoms with Crippen LogP contribution in [0.5, 0.6) is 5.88 Å². The molecule has 0 aromatic carbocycles. The van der Waals surface area contributed by atoms with Crippen molar-refractivity contribution in [3.05, 3.63) is 23.6 Å². The second-order valence-electron chi connectivity index (χ2n) is 9.10. The number of imidazole rings is 1. The molecule has 0 radical (unpaired) electrons. The number of thiazole rings is 1. The molecule has 3 aromatic heterocycles. The van der Waals surface area contributed by atoms with E-state index in [2.05, 4.69) is 14.9 Å². The molecule has 2 aliphatic heterocycles. The lowest BCUT2D eigenvalue weighted by Gasteiger charge is -2.20. The Morgan fingerprint density at radius 1 is 1.25 bits per heavy atom. The summed E-state index contributed by atoms with van der Waals surface area (Å²) in [5.74, 6) is 1.30. The fourth-order valence-corrected chi connectivity index (χ4v) is 5.68.